The van der Waals surface area contributed by atoms with Crippen molar-refractivity contribution in [3.8, 4) is 0 Å². The molecule has 3 nitrogen and oxygen atoms in total. The van der Waals surface area contributed by atoms with E-state index in [4.69, 9.17) is 15.7 Å². The standard InChI is InChI=1S/C19H21N3.C2H6/c1-5-7-13-10-9-11(3)15-16(13)12(4)17-18(15)22-19(20)14(21-17)8-6-2;1-2/h5-10,14,19H,4,20H2,1-3H3;1-2H3/b7-5-,8-6-;. The lowest BCUT2D eigenvalue weighted by Gasteiger charge is -2.20. The molecule has 1 heterocycles. The summed E-state index contributed by atoms with van der Waals surface area (Å²) in [5.74, 6) is 0. The highest BCUT2D eigenvalue weighted by molar-refractivity contribution is 6.67. The highest BCUT2D eigenvalue weighted by Gasteiger charge is 2.35. The third-order valence-corrected chi connectivity index (χ3v) is 4.14. The fourth-order valence-corrected chi connectivity index (χ4v) is 3.12. The van der Waals surface area contributed by atoms with Gasteiger partial charge in [0, 0.05) is 16.7 Å². The number of nitrogens with two attached hydrogens (primary N) is 1. The number of hydrogen-bond donors (Lipinski definition) is 1. The molecule has 2 N–H and O–H groups in total. The minimum atomic E-state index is -0.335. The zero-order valence-electron chi connectivity index (χ0n) is 15.3. The van der Waals surface area contributed by atoms with Crippen LogP contribution in [0.25, 0.3) is 11.6 Å². The number of hydrogen-bond acceptors (Lipinski definition) is 3. The Kier molecular flexibility index (Phi) is 5.68. The highest BCUT2D eigenvalue weighted by atomic mass is 15.1. The summed E-state index contributed by atoms with van der Waals surface area (Å²) in [6.45, 7) is 14.4. The number of nitrogens with zero attached hydrogens (tertiary/aromatic N) is 2. The van der Waals surface area contributed by atoms with Gasteiger partial charge in [0.15, 0.2) is 0 Å². The van der Waals surface area contributed by atoms with Crippen molar-refractivity contribution >= 4 is 23.1 Å². The van der Waals surface area contributed by atoms with Gasteiger partial charge in [-0.25, -0.2) is 0 Å². The molecule has 2 atom stereocenters. The normalized spacial score (nSPS) is 22.0. The zero-order valence-corrected chi connectivity index (χ0v) is 15.3. The molecule has 3 rings (SSSR count). The molecule has 1 aromatic rings. The Morgan fingerprint density at radius 1 is 1.04 bits per heavy atom. The van der Waals surface area contributed by atoms with Gasteiger partial charge in [-0.05, 0) is 31.9 Å². The van der Waals surface area contributed by atoms with Crippen LogP contribution < -0.4 is 5.73 Å². The molecule has 2 unspecified atom stereocenters. The van der Waals surface area contributed by atoms with Crippen molar-refractivity contribution < 1.29 is 0 Å². The number of allylic oxidation sites excluding steroid dienone is 3. The van der Waals surface area contributed by atoms with Crippen LogP contribution in [-0.2, 0) is 0 Å². The van der Waals surface area contributed by atoms with E-state index in [2.05, 4.69) is 31.7 Å². The molecular weight excluding hydrogens is 294 g/mol. The van der Waals surface area contributed by atoms with Crippen LogP contribution in [0, 0.1) is 6.92 Å². The fourth-order valence-electron chi connectivity index (χ4n) is 3.12. The maximum absolute atomic E-state index is 6.18. The summed E-state index contributed by atoms with van der Waals surface area (Å²) in [5.41, 5.74) is 13.5. The zero-order chi connectivity index (χ0) is 17.9. The Balaban J connectivity index is 0.00000100. The number of fused-ring (bicyclic) bond motifs is 3. The van der Waals surface area contributed by atoms with E-state index >= 15 is 0 Å². The van der Waals surface area contributed by atoms with Gasteiger partial charge < -0.3 is 5.73 Å². The van der Waals surface area contributed by atoms with Crippen molar-refractivity contribution in [2.24, 2.45) is 15.7 Å². The Morgan fingerprint density at radius 3 is 2.38 bits per heavy atom. The predicted molar refractivity (Wildman–Crippen MR) is 107 cm³/mol. The number of benzene rings is 1. The summed E-state index contributed by atoms with van der Waals surface area (Å²) in [6, 6.07) is 4.14. The van der Waals surface area contributed by atoms with E-state index in [9.17, 15) is 0 Å². The molecule has 3 heteroatoms. The molecule has 2 aliphatic rings. The maximum Gasteiger partial charge on any atom is 0.124 e. The Labute approximate surface area is 145 Å². The molecule has 0 radical (unpaired) electrons. The summed E-state index contributed by atoms with van der Waals surface area (Å²) in [4.78, 5) is 9.53. The van der Waals surface area contributed by atoms with Gasteiger partial charge >= 0.3 is 0 Å². The van der Waals surface area contributed by atoms with Crippen LogP contribution in [-0.4, -0.2) is 23.6 Å². The first kappa shape index (κ1) is 18.1. The van der Waals surface area contributed by atoms with E-state index in [1.807, 2.05) is 45.9 Å². The van der Waals surface area contributed by atoms with Crippen LogP contribution in [0.2, 0.25) is 0 Å². The summed E-state index contributed by atoms with van der Waals surface area (Å²) in [6.07, 6.45) is 7.77. The summed E-state index contributed by atoms with van der Waals surface area (Å²) < 4.78 is 0. The van der Waals surface area contributed by atoms with Gasteiger partial charge in [-0.15, -0.1) is 0 Å². The second-order valence-corrected chi connectivity index (χ2v) is 5.66. The molecule has 24 heavy (non-hydrogen) atoms. The smallest absolute Gasteiger partial charge is 0.124 e. The lowest BCUT2D eigenvalue weighted by Crippen LogP contribution is -2.37. The van der Waals surface area contributed by atoms with Gasteiger partial charge in [0.25, 0.3) is 0 Å². The van der Waals surface area contributed by atoms with Gasteiger partial charge in [0.1, 0.15) is 12.2 Å². The Hall–Kier alpha value is -2.26. The van der Waals surface area contributed by atoms with E-state index in [0.29, 0.717) is 0 Å². The van der Waals surface area contributed by atoms with Gasteiger partial charge in [0.2, 0.25) is 0 Å². The average molecular weight is 321 g/mol. The van der Waals surface area contributed by atoms with Crippen LogP contribution in [0.3, 0.4) is 0 Å². The van der Waals surface area contributed by atoms with Gasteiger partial charge in [-0.1, -0.05) is 56.9 Å². The minimum absolute atomic E-state index is 0.111. The van der Waals surface area contributed by atoms with Crippen LogP contribution in [0.5, 0.6) is 0 Å². The lowest BCUT2D eigenvalue weighted by molar-refractivity contribution is 0.624. The second-order valence-electron chi connectivity index (χ2n) is 5.66. The first-order valence-corrected chi connectivity index (χ1v) is 8.59. The third-order valence-electron chi connectivity index (χ3n) is 4.14. The molecule has 1 aliphatic carbocycles. The SMILES string of the molecule is C=C1C2=NC(/C=C\C)C(N)N=C2c2c(C)ccc(/C=C\C)c21.CC. The van der Waals surface area contributed by atoms with E-state index in [-0.39, 0.29) is 12.2 Å². The lowest BCUT2D eigenvalue weighted by atomic mass is 9.96. The number of aliphatic imine (C=N–C) groups is 2. The van der Waals surface area contributed by atoms with Gasteiger partial charge in [-0.3, -0.25) is 9.98 Å². The monoisotopic (exact) mass is 321 g/mol. The minimum Gasteiger partial charge on any atom is -0.308 e. The molecule has 0 aromatic heterocycles. The largest absolute Gasteiger partial charge is 0.308 e. The molecule has 0 spiro atoms. The van der Waals surface area contributed by atoms with Crippen LogP contribution in [0.1, 0.15) is 49.9 Å². The van der Waals surface area contributed by atoms with Crippen LogP contribution in [0.4, 0.5) is 0 Å². The molecule has 1 aliphatic heterocycles. The van der Waals surface area contributed by atoms with Crippen molar-refractivity contribution in [2.45, 2.75) is 46.8 Å². The quantitative estimate of drug-likeness (QED) is 0.798. The van der Waals surface area contributed by atoms with E-state index in [1.54, 1.807) is 0 Å². The summed E-state index contributed by atoms with van der Waals surface area (Å²) >= 11 is 0. The van der Waals surface area contributed by atoms with Gasteiger partial charge in [-0.2, -0.15) is 0 Å². The number of rotatable bonds is 2. The summed E-state index contributed by atoms with van der Waals surface area (Å²) in [7, 11) is 0. The van der Waals surface area contributed by atoms with Crippen molar-refractivity contribution in [3.63, 3.8) is 0 Å². The third kappa shape index (κ3) is 2.92. The van der Waals surface area contributed by atoms with E-state index in [1.165, 1.54) is 5.56 Å². The molecular formula is C21H27N3. The highest BCUT2D eigenvalue weighted by Crippen LogP contribution is 2.37. The number of aryl methyl sites for hydroxylation is 1. The van der Waals surface area contributed by atoms with Crippen molar-refractivity contribution in [1.29, 1.82) is 0 Å². The average Bonchev–Trinajstić information content (AvgIpc) is 2.86. The van der Waals surface area contributed by atoms with Gasteiger partial charge in [0.05, 0.1) is 11.4 Å². The molecule has 0 bridgehead atoms. The van der Waals surface area contributed by atoms with E-state index < -0.39 is 0 Å². The summed E-state index contributed by atoms with van der Waals surface area (Å²) in [5, 5.41) is 0. The van der Waals surface area contributed by atoms with Crippen LogP contribution in [0.15, 0.2) is 46.9 Å². The molecule has 0 fully saturated rings. The van der Waals surface area contributed by atoms with Crippen molar-refractivity contribution in [2.75, 3.05) is 0 Å². The van der Waals surface area contributed by atoms with Crippen molar-refractivity contribution in [1.82, 2.24) is 0 Å². The Morgan fingerprint density at radius 2 is 1.75 bits per heavy atom. The molecule has 0 saturated carbocycles. The Bertz CT molecular complexity index is 764. The van der Waals surface area contributed by atoms with Crippen LogP contribution >= 0.6 is 0 Å². The first-order valence-electron chi connectivity index (χ1n) is 8.59. The topological polar surface area (TPSA) is 50.7 Å². The first-order chi connectivity index (χ1) is 11.6. The molecule has 126 valence electrons. The maximum atomic E-state index is 6.18. The fraction of sp³-hybridized carbons (Fsp3) is 0.333. The molecule has 1 aromatic carbocycles. The van der Waals surface area contributed by atoms with E-state index in [0.717, 1.165) is 33.7 Å². The molecule has 0 saturated heterocycles. The second kappa shape index (κ2) is 7.54. The molecule has 0 amide bonds. The predicted octanol–water partition coefficient (Wildman–Crippen LogP) is 4.55. The van der Waals surface area contributed by atoms with Crippen molar-refractivity contribution in [3.05, 3.63) is 59.2 Å².